The van der Waals surface area contributed by atoms with Gasteiger partial charge in [0.05, 0.1) is 6.61 Å². The summed E-state index contributed by atoms with van der Waals surface area (Å²) in [5.41, 5.74) is 2.91. The summed E-state index contributed by atoms with van der Waals surface area (Å²) in [5, 5.41) is 0. The predicted octanol–water partition coefficient (Wildman–Crippen LogP) is 3.68. The number of hydrogen-bond donors (Lipinski definition) is 0. The predicted molar refractivity (Wildman–Crippen MR) is 103 cm³/mol. The molecule has 2 aromatic rings. The van der Waals surface area contributed by atoms with Gasteiger partial charge in [-0.15, -0.1) is 0 Å². The molecule has 5 heteroatoms. The molecule has 0 fully saturated rings. The summed E-state index contributed by atoms with van der Waals surface area (Å²) >= 11 is 0. The second kappa shape index (κ2) is 8.41. The van der Waals surface area contributed by atoms with E-state index in [2.05, 4.69) is 24.5 Å². The third-order valence-electron chi connectivity index (χ3n) is 4.74. The summed E-state index contributed by atoms with van der Waals surface area (Å²) in [6.07, 6.45) is 1.04. The number of methoxy groups -OCH3 is 1. The first-order valence-electron chi connectivity index (χ1n) is 9.31. The number of aromatic nitrogens is 1. The summed E-state index contributed by atoms with van der Waals surface area (Å²) in [6, 6.07) is 12.0. The van der Waals surface area contributed by atoms with Gasteiger partial charge < -0.3 is 18.9 Å². The lowest BCUT2D eigenvalue weighted by molar-refractivity contribution is 0.0697. The molecule has 0 unspecified atom stereocenters. The van der Waals surface area contributed by atoms with Crippen LogP contribution >= 0.6 is 0 Å². The van der Waals surface area contributed by atoms with Crippen molar-refractivity contribution in [3.63, 3.8) is 0 Å². The van der Waals surface area contributed by atoms with Gasteiger partial charge in [0.2, 0.25) is 0 Å². The summed E-state index contributed by atoms with van der Waals surface area (Å²) in [7, 11) is 1.66. The van der Waals surface area contributed by atoms with Crippen LogP contribution in [0.1, 0.15) is 30.8 Å². The zero-order valence-electron chi connectivity index (χ0n) is 15.9. The number of fused-ring (bicyclic) bond motifs is 1. The van der Waals surface area contributed by atoms with Gasteiger partial charge in [-0.25, -0.2) is 0 Å². The molecule has 1 aliphatic heterocycles. The molecule has 0 bridgehead atoms. The van der Waals surface area contributed by atoms with Crippen LogP contribution in [-0.4, -0.2) is 48.8 Å². The number of benzene rings is 1. The van der Waals surface area contributed by atoms with Crippen molar-refractivity contribution < 1.29 is 14.3 Å². The van der Waals surface area contributed by atoms with Crippen molar-refractivity contribution in [2.45, 2.75) is 26.8 Å². The van der Waals surface area contributed by atoms with Crippen molar-refractivity contribution in [2.75, 3.05) is 33.4 Å². The summed E-state index contributed by atoms with van der Waals surface area (Å²) < 4.78 is 12.9. The number of nitrogens with zero attached hydrogens (tertiary/aromatic N) is 2. The lowest BCUT2D eigenvalue weighted by Crippen LogP contribution is -2.41. The maximum Gasteiger partial charge on any atom is 0.270 e. The molecule has 5 nitrogen and oxygen atoms in total. The van der Waals surface area contributed by atoms with Crippen molar-refractivity contribution in [3.05, 3.63) is 42.1 Å². The van der Waals surface area contributed by atoms with Gasteiger partial charge in [0.1, 0.15) is 18.1 Å². The molecule has 1 aromatic heterocycles. The molecule has 1 amide bonds. The van der Waals surface area contributed by atoms with E-state index in [1.54, 1.807) is 7.11 Å². The fourth-order valence-corrected chi connectivity index (χ4v) is 3.25. The zero-order chi connectivity index (χ0) is 18.5. The number of amides is 1. The highest BCUT2D eigenvalue weighted by Gasteiger charge is 2.26. The molecular weight excluding hydrogens is 328 g/mol. The topological polar surface area (TPSA) is 43.7 Å². The van der Waals surface area contributed by atoms with E-state index in [0.29, 0.717) is 19.1 Å². The van der Waals surface area contributed by atoms with Gasteiger partial charge in [-0.3, -0.25) is 4.79 Å². The van der Waals surface area contributed by atoms with Crippen molar-refractivity contribution in [1.29, 1.82) is 0 Å². The second-order valence-electron chi connectivity index (χ2n) is 7.10. The fourth-order valence-electron chi connectivity index (χ4n) is 3.25. The van der Waals surface area contributed by atoms with Gasteiger partial charge in [0.25, 0.3) is 5.91 Å². The first-order valence-corrected chi connectivity index (χ1v) is 9.31. The molecule has 0 N–H and O–H groups in total. The van der Waals surface area contributed by atoms with Crippen molar-refractivity contribution in [2.24, 2.45) is 5.92 Å². The van der Waals surface area contributed by atoms with Crippen molar-refractivity contribution in [3.8, 4) is 17.0 Å². The van der Waals surface area contributed by atoms with Crippen LogP contribution in [0.5, 0.6) is 5.75 Å². The third-order valence-corrected chi connectivity index (χ3v) is 4.74. The van der Waals surface area contributed by atoms with E-state index in [0.717, 1.165) is 48.8 Å². The molecule has 0 radical (unpaired) electrons. The van der Waals surface area contributed by atoms with E-state index in [1.807, 2.05) is 35.2 Å². The van der Waals surface area contributed by atoms with Crippen LogP contribution in [0.4, 0.5) is 0 Å². The van der Waals surface area contributed by atoms with E-state index in [1.165, 1.54) is 0 Å². The van der Waals surface area contributed by atoms with Gasteiger partial charge in [0.15, 0.2) is 0 Å². The Morgan fingerprint density at radius 1 is 1.08 bits per heavy atom. The van der Waals surface area contributed by atoms with E-state index in [-0.39, 0.29) is 5.91 Å². The Morgan fingerprint density at radius 3 is 2.65 bits per heavy atom. The second-order valence-corrected chi connectivity index (χ2v) is 7.10. The molecule has 0 atom stereocenters. The van der Waals surface area contributed by atoms with Gasteiger partial charge in [-0.1, -0.05) is 26.0 Å². The molecule has 26 heavy (non-hydrogen) atoms. The molecule has 0 spiro atoms. The molecule has 1 aromatic carbocycles. The summed E-state index contributed by atoms with van der Waals surface area (Å²) in [6.45, 7) is 7.90. The summed E-state index contributed by atoms with van der Waals surface area (Å²) in [4.78, 5) is 14.8. The first kappa shape index (κ1) is 18.5. The van der Waals surface area contributed by atoms with Gasteiger partial charge in [0, 0.05) is 38.0 Å². The lowest BCUT2D eigenvalue weighted by Gasteiger charge is -2.30. The van der Waals surface area contributed by atoms with Crippen LogP contribution < -0.4 is 4.74 Å². The highest BCUT2D eigenvalue weighted by Crippen LogP contribution is 2.28. The average Bonchev–Trinajstić information content (AvgIpc) is 3.06. The number of carbonyl (C=O) groups excluding carboxylic acids is 1. The molecule has 0 saturated heterocycles. The summed E-state index contributed by atoms with van der Waals surface area (Å²) in [5.74, 6) is 1.55. The largest absolute Gasteiger partial charge is 0.491 e. The molecule has 0 saturated carbocycles. The van der Waals surface area contributed by atoms with E-state index in [9.17, 15) is 4.79 Å². The number of rotatable bonds is 8. The smallest absolute Gasteiger partial charge is 0.270 e. The minimum Gasteiger partial charge on any atom is -0.491 e. The van der Waals surface area contributed by atoms with E-state index < -0.39 is 0 Å². The van der Waals surface area contributed by atoms with Crippen LogP contribution in [0, 0.1) is 5.92 Å². The number of hydrogen-bond acceptors (Lipinski definition) is 3. The molecule has 2 heterocycles. The van der Waals surface area contributed by atoms with Gasteiger partial charge in [-0.2, -0.15) is 0 Å². The molecule has 0 aliphatic carbocycles. The average molecular weight is 356 g/mol. The highest BCUT2D eigenvalue weighted by atomic mass is 16.5. The Hall–Kier alpha value is -2.27. The zero-order valence-corrected chi connectivity index (χ0v) is 15.9. The molecule has 3 rings (SSSR count). The van der Waals surface area contributed by atoms with Crippen molar-refractivity contribution >= 4 is 5.91 Å². The van der Waals surface area contributed by atoms with Crippen LogP contribution in [0.2, 0.25) is 0 Å². The number of carbonyl (C=O) groups is 1. The first-order chi connectivity index (χ1) is 12.6. The minimum absolute atomic E-state index is 0.135. The van der Waals surface area contributed by atoms with E-state index >= 15 is 0 Å². The van der Waals surface area contributed by atoms with Crippen LogP contribution in [0.3, 0.4) is 0 Å². The Kier molecular flexibility index (Phi) is 5.99. The Balaban J connectivity index is 1.77. The highest BCUT2D eigenvalue weighted by molar-refractivity contribution is 5.94. The maximum absolute atomic E-state index is 12.8. The Morgan fingerprint density at radius 2 is 1.88 bits per heavy atom. The normalized spacial score (nSPS) is 14.0. The molecule has 140 valence electrons. The monoisotopic (exact) mass is 356 g/mol. The number of ether oxygens (including phenoxy) is 2. The van der Waals surface area contributed by atoms with Crippen LogP contribution in [-0.2, 0) is 11.3 Å². The Labute approximate surface area is 155 Å². The van der Waals surface area contributed by atoms with E-state index in [4.69, 9.17) is 9.47 Å². The third kappa shape index (κ3) is 4.10. The van der Waals surface area contributed by atoms with Crippen LogP contribution in [0.25, 0.3) is 11.3 Å². The fraction of sp³-hybridized carbons (Fsp3) is 0.476. The maximum atomic E-state index is 12.8. The standard InChI is InChI=1S/C21H28N2O3/c1-16(2)9-10-22-11-12-23-19(7-8-20(23)21(22)24)17-5-4-6-18(15-17)26-14-13-25-3/h4-8,15-16H,9-14H2,1-3H3. The van der Waals surface area contributed by atoms with Crippen LogP contribution in [0.15, 0.2) is 36.4 Å². The van der Waals surface area contributed by atoms with Crippen molar-refractivity contribution in [1.82, 2.24) is 9.47 Å². The minimum atomic E-state index is 0.135. The SMILES string of the molecule is COCCOc1cccc(-c2ccc3n2CCN(CCC(C)C)C3=O)c1. The quantitative estimate of drug-likeness (QED) is 0.678. The molecule has 1 aliphatic rings. The van der Waals surface area contributed by atoms with Gasteiger partial charge >= 0.3 is 0 Å². The van der Waals surface area contributed by atoms with Gasteiger partial charge in [-0.05, 0) is 36.6 Å². The molecular formula is C21H28N2O3. The Bertz CT molecular complexity index is 751. The lowest BCUT2D eigenvalue weighted by atomic mass is 10.1.